The Morgan fingerprint density at radius 3 is 2.93 bits per heavy atom. The second-order valence-corrected chi connectivity index (χ2v) is 5.90. The maximum absolute atomic E-state index is 11.6. The molecule has 1 amide bonds. The topological polar surface area (TPSA) is 141 Å². The molecule has 0 aliphatic carbocycles. The third kappa shape index (κ3) is 4.15. The second-order valence-electron chi connectivity index (χ2n) is 5.21. The van der Waals surface area contributed by atoms with Gasteiger partial charge in [0.15, 0.2) is 11.4 Å². The van der Waals surface area contributed by atoms with E-state index in [1.165, 1.54) is 25.3 Å². The molecule has 2 heterocycles. The zero-order valence-electron chi connectivity index (χ0n) is 14.6. The number of anilines is 2. The minimum atomic E-state index is -0.690. The van der Waals surface area contributed by atoms with Crippen molar-refractivity contribution in [2.24, 2.45) is 5.73 Å². The molecule has 3 aromatic rings. The van der Waals surface area contributed by atoms with Gasteiger partial charge in [0, 0.05) is 0 Å². The third-order valence-electron chi connectivity index (χ3n) is 3.52. The molecule has 0 aliphatic rings. The van der Waals surface area contributed by atoms with Gasteiger partial charge in [-0.15, -0.1) is 5.10 Å². The monoisotopic (exact) mass is 387 g/mol. The predicted octanol–water partition coefficient (Wildman–Crippen LogP) is 1.75. The Morgan fingerprint density at radius 1 is 1.33 bits per heavy atom. The molecular weight excluding hydrogens is 370 g/mol. The van der Waals surface area contributed by atoms with E-state index < -0.39 is 5.91 Å². The lowest BCUT2D eigenvalue weighted by Crippen LogP contribution is -2.16. The molecule has 0 spiro atoms. The Kier molecular flexibility index (Phi) is 5.84. The van der Waals surface area contributed by atoms with Gasteiger partial charge >= 0.3 is 0 Å². The number of rotatable bonds is 8. The number of para-hydroxylation sites is 1. The van der Waals surface area contributed by atoms with Crippen LogP contribution < -0.4 is 20.5 Å². The highest BCUT2D eigenvalue weighted by molar-refractivity contribution is 7.96. The SMILES string of the molecule is COc1c(Nc2ccnnc2C(N)=O)cccc1-c1noc(CNSC)n1. The number of nitrogens with two attached hydrogens (primary N) is 1. The summed E-state index contributed by atoms with van der Waals surface area (Å²) in [5.41, 5.74) is 6.99. The predicted molar refractivity (Wildman–Crippen MR) is 100 cm³/mol. The van der Waals surface area contributed by atoms with Crippen LogP contribution in [-0.4, -0.2) is 39.6 Å². The molecule has 2 aromatic heterocycles. The number of aromatic nitrogens is 4. The fraction of sp³-hybridized carbons (Fsp3) is 0.188. The van der Waals surface area contributed by atoms with Gasteiger partial charge in [-0.05, 0) is 24.5 Å². The van der Waals surface area contributed by atoms with E-state index in [1.54, 1.807) is 24.3 Å². The molecule has 0 saturated carbocycles. The molecule has 0 aliphatic heterocycles. The first-order valence-electron chi connectivity index (χ1n) is 7.78. The molecule has 0 atom stereocenters. The summed E-state index contributed by atoms with van der Waals surface area (Å²) in [7, 11) is 1.53. The summed E-state index contributed by atoms with van der Waals surface area (Å²) in [4.78, 5) is 15.9. The number of nitrogens with zero attached hydrogens (tertiary/aromatic N) is 4. The van der Waals surface area contributed by atoms with Gasteiger partial charge in [0.05, 0.1) is 36.8 Å². The van der Waals surface area contributed by atoms with Crippen molar-refractivity contribution >= 4 is 29.2 Å². The quantitative estimate of drug-likeness (QED) is 0.489. The van der Waals surface area contributed by atoms with E-state index in [4.69, 9.17) is 15.0 Å². The van der Waals surface area contributed by atoms with Crippen molar-refractivity contribution < 1.29 is 14.1 Å². The molecule has 0 radical (unpaired) electrons. The van der Waals surface area contributed by atoms with Crippen LogP contribution in [-0.2, 0) is 6.54 Å². The summed E-state index contributed by atoms with van der Waals surface area (Å²) in [6, 6.07) is 6.99. The van der Waals surface area contributed by atoms with Crippen LogP contribution in [0, 0.1) is 0 Å². The Labute approximate surface area is 159 Å². The lowest BCUT2D eigenvalue weighted by Gasteiger charge is -2.14. The highest BCUT2D eigenvalue weighted by Gasteiger charge is 2.18. The van der Waals surface area contributed by atoms with Crippen molar-refractivity contribution in [2.45, 2.75) is 6.54 Å². The molecular formula is C16H17N7O3S. The summed E-state index contributed by atoms with van der Waals surface area (Å²) < 4.78 is 13.8. The maximum atomic E-state index is 11.6. The van der Waals surface area contributed by atoms with E-state index in [1.807, 2.05) is 6.26 Å². The molecule has 27 heavy (non-hydrogen) atoms. The van der Waals surface area contributed by atoms with Crippen molar-refractivity contribution in [3.8, 4) is 17.1 Å². The molecule has 0 saturated heterocycles. The fourth-order valence-corrected chi connectivity index (χ4v) is 2.63. The largest absolute Gasteiger partial charge is 0.494 e. The van der Waals surface area contributed by atoms with Crippen LogP contribution >= 0.6 is 11.9 Å². The van der Waals surface area contributed by atoms with Crippen molar-refractivity contribution in [2.75, 3.05) is 18.7 Å². The van der Waals surface area contributed by atoms with Crippen LogP contribution in [0.15, 0.2) is 35.0 Å². The van der Waals surface area contributed by atoms with Gasteiger partial charge in [0.1, 0.15) is 0 Å². The number of carbonyl (C=O) groups excluding carboxylic acids is 1. The van der Waals surface area contributed by atoms with E-state index in [2.05, 4.69) is 30.4 Å². The number of hydrogen-bond acceptors (Lipinski definition) is 10. The van der Waals surface area contributed by atoms with Gasteiger partial charge in [-0.2, -0.15) is 10.1 Å². The smallest absolute Gasteiger partial charge is 0.271 e. The molecule has 11 heteroatoms. The number of amides is 1. The van der Waals surface area contributed by atoms with E-state index in [0.717, 1.165) is 0 Å². The Balaban J connectivity index is 1.96. The Hall–Kier alpha value is -3.18. The fourth-order valence-electron chi connectivity index (χ4n) is 2.36. The number of primary amides is 1. The molecule has 0 fully saturated rings. The van der Waals surface area contributed by atoms with Gasteiger partial charge in [0.2, 0.25) is 11.7 Å². The standard InChI is InChI=1S/C16H17N7O3S/c1-25-14-9(16-21-12(26-23-16)8-19-27-2)4-3-5-11(14)20-10-6-7-18-22-13(10)15(17)24/h3-7,19H,8H2,1-2H3,(H2,17,24)(H,18,20). The number of methoxy groups -OCH3 is 1. The number of nitrogens with one attached hydrogen (secondary N) is 2. The second kappa shape index (κ2) is 8.47. The first kappa shape index (κ1) is 18.6. The molecule has 4 N–H and O–H groups in total. The van der Waals surface area contributed by atoms with E-state index in [0.29, 0.717) is 40.9 Å². The Morgan fingerprint density at radius 2 is 2.19 bits per heavy atom. The lowest BCUT2D eigenvalue weighted by molar-refractivity contribution is 0.0995. The van der Waals surface area contributed by atoms with Crippen molar-refractivity contribution in [1.82, 2.24) is 25.1 Å². The van der Waals surface area contributed by atoms with Crippen molar-refractivity contribution in [1.29, 1.82) is 0 Å². The van der Waals surface area contributed by atoms with Gasteiger partial charge in [-0.1, -0.05) is 23.2 Å². The zero-order chi connectivity index (χ0) is 19.2. The van der Waals surface area contributed by atoms with E-state index >= 15 is 0 Å². The van der Waals surface area contributed by atoms with E-state index in [9.17, 15) is 4.79 Å². The molecule has 1 aromatic carbocycles. The minimum absolute atomic E-state index is 0.0231. The van der Waals surface area contributed by atoms with Crippen LogP contribution in [0.2, 0.25) is 0 Å². The van der Waals surface area contributed by atoms with Crippen LogP contribution in [0.25, 0.3) is 11.4 Å². The summed E-state index contributed by atoms with van der Waals surface area (Å²) >= 11 is 1.46. The first-order chi connectivity index (χ1) is 13.1. The van der Waals surface area contributed by atoms with Crippen LogP contribution in [0.1, 0.15) is 16.4 Å². The van der Waals surface area contributed by atoms with Crippen LogP contribution in [0.5, 0.6) is 5.75 Å². The lowest BCUT2D eigenvalue weighted by atomic mass is 10.1. The highest BCUT2D eigenvalue weighted by atomic mass is 32.2. The molecule has 10 nitrogen and oxygen atoms in total. The van der Waals surface area contributed by atoms with Crippen LogP contribution in [0.4, 0.5) is 11.4 Å². The first-order valence-corrected chi connectivity index (χ1v) is 9.00. The number of hydrogen-bond donors (Lipinski definition) is 3. The number of ether oxygens (including phenoxy) is 1. The summed E-state index contributed by atoms with van der Waals surface area (Å²) in [6.07, 6.45) is 3.36. The van der Waals surface area contributed by atoms with Crippen LogP contribution in [0.3, 0.4) is 0 Å². The molecule has 140 valence electrons. The number of benzene rings is 1. The molecule has 3 rings (SSSR count). The molecule has 0 bridgehead atoms. The molecule has 0 unspecified atom stereocenters. The highest BCUT2D eigenvalue weighted by Crippen LogP contribution is 2.36. The van der Waals surface area contributed by atoms with Gasteiger partial charge in [-0.25, -0.2) is 0 Å². The summed E-state index contributed by atoms with van der Waals surface area (Å²) in [5, 5.41) is 14.5. The Bertz CT molecular complexity index is 947. The van der Waals surface area contributed by atoms with Crippen molar-refractivity contribution in [3.63, 3.8) is 0 Å². The minimum Gasteiger partial charge on any atom is -0.494 e. The van der Waals surface area contributed by atoms with E-state index in [-0.39, 0.29) is 5.69 Å². The average Bonchev–Trinajstić information content (AvgIpc) is 3.15. The maximum Gasteiger partial charge on any atom is 0.271 e. The summed E-state index contributed by atoms with van der Waals surface area (Å²) in [6.45, 7) is 0.444. The third-order valence-corrected chi connectivity index (χ3v) is 3.95. The summed E-state index contributed by atoms with van der Waals surface area (Å²) in [5.74, 6) is 0.630. The van der Waals surface area contributed by atoms with Gasteiger partial charge in [0.25, 0.3) is 5.91 Å². The van der Waals surface area contributed by atoms with Crippen molar-refractivity contribution in [3.05, 3.63) is 42.0 Å². The van der Waals surface area contributed by atoms with Gasteiger partial charge in [-0.3, -0.25) is 9.52 Å². The normalized spacial score (nSPS) is 10.6. The number of carbonyl (C=O) groups is 1. The van der Waals surface area contributed by atoms with Gasteiger partial charge < -0.3 is 20.3 Å². The zero-order valence-corrected chi connectivity index (χ0v) is 15.4. The average molecular weight is 387 g/mol.